The van der Waals surface area contributed by atoms with Gasteiger partial charge in [0.1, 0.15) is 6.10 Å². The standard InChI is InChI=1S/C55H97NO5/c1-4-7-10-13-16-19-21-23-25-27-28-30-32-35-37-40-43-46-51(49-54(59)56-52(50-57)53(58)47-44-41-38-34-18-15-12-9-6-3)61-55(60)48-45-42-39-36-33-31-29-26-24-22-20-17-14-11-8-5-2/h8,11,16-17,19-20,23-26,31,33,51-53,57-58H,4-7,9-10,12-15,18,21-22,27-30,32,34-50H2,1-3H3,(H,56,59)/b11-8+,19-16-,20-17+,25-23-,26-24+,33-31+. The van der Waals surface area contributed by atoms with Crippen LogP contribution in [0.4, 0.5) is 0 Å². The van der Waals surface area contributed by atoms with Crippen molar-refractivity contribution >= 4 is 11.9 Å². The normalized spacial score (nSPS) is 13.9. The highest BCUT2D eigenvalue weighted by Gasteiger charge is 2.24. The van der Waals surface area contributed by atoms with Crippen LogP contribution in [0.15, 0.2) is 72.9 Å². The Bertz CT molecular complexity index is 1140. The second-order valence-electron chi connectivity index (χ2n) is 17.2. The van der Waals surface area contributed by atoms with Gasteiger partial charge in [-0.3, -0.25) is 9.59 Å². The van der Waals surface area contributed by atoms with Gasteiger partial charge in [-0.05, 0) is 96.3 Å². The molecule has 0 bridgehead atoms. The van der Waals surface area contributed by atoms with E-state index in [1.165, 1.54) is 89.9 Å². The number of esters is 1. The monoisotopic (exact) mass is 852 g/mol. The van der Waals surface area contributed by atoms with Crippen molar-refractivity contribution in [2.45, 2.75) is 257 Å². The van der Waals surface area contributed by atoms with E-state index in [4.69, 9.17) is 4.74 Å². The molecule has 0 saturated heterocycles. The van der Waals surface area contributed by atoms with Crippen molar-refractivity contribution in [1.82, 2.24) is 5.32 Å². The van der Waals surface area contributed by atoms with Crippen molar-refractivity contribution in [2.75, 3.05) is 6.61 Å². The van der Waals surface area contributed by atoms with Gasteiger partial charge in [-0.2, -0.15) is 0 Å². The quantitative estimate of drug-likeness (QED) is 0.0322. The second-order valence-corrected chi connectivity index (χ2v) is 17.2. The van der Waals surface area contributed by atoms with Gasteiger partial charge in [0, 0.05) is 6.42 Å². The average molecular weight is 852 g/mol. The molecule has 352 valence electrons. The van der Waals surface area contributed by atoms with Gasteiger partial charge in [0.25, 0.3) is 0 Å². The minimum atomic E-state index is -0.797. The van der Waals surface area contributed by atoms with E-state index in [1.54, 1.807) is 0 Å². The van der Waals surface area contributed by atoms with Gasteiger partial charge >= 0.3 is 5.97 Å². The molecule has 3 N–H and O–H groups in total. The smallest absolute Gasteiger partial charge is 0.306 e. The molecule has 3 unspecified atom stereocenters. The molecule has 6 nitrogen and oxygen atoms in total. The molecule has 1 amide bonds. The van der Waals surface area contributed by atoms with Crippen molar-refractivity contribution in [3.05, 3.63) is 72.9 Å². The fourth-order valence-electron chi connectivity index (χ4n) is 7.39. The molecule has 0 aromatic rings. The zero-order valence-corrected chi connectivity index (χ0v) is 40.0. The number of aliphatic hydroxyl groups excluding tert-OH is 2. The third kappa shape index (κ3) is 43.7. The Balaban J connectivity index is 4.66. The summed E-state index contributed by atoms with van der Waals surface area (Å²) in [7, 11) is 0. The van der Waals surface area contributed by atoms with Gasteiger partial charge in [0.05, 0.1) is 25.2 Å². The summed E-state index contributed by atoms with van der Waals surface area (Å²) in [5.74, 6) is -0.520. The van der Waals surface area contributed by atoms with Crippen LogP contribution in [0, 0.1) is 0 Å². The molecule has 0 aliphatic heterocycles. The predicted octanol–water partition coefficient (Wildman–Crippen LogP) is 15.4. The highest BCUT2D eigenvalue weighted by molar-refractivity contribution is 5.77. The van der Waals surface area contributed by atoms with Crippen LogP contribution in [0.25, 0.3) is 0 Å². The van der Waals surface area contributed by atoms with E-state index >= 15 is 0 Å². The van der Waals surface area contributed by atoms with E-state index in [2.05, 4.69) is 99.0 Å². The van der Waals surface area contributed by atoms with E-state index in [1.807, 2.05) is 0 Å². The van der Waals surface area contributed by atoms with Crippen LogP contribution in [-0.4, -0.2) is 46.9 Å². The lowest BCUT2D eigenvalue weighted by Crippen LogP contribution is -2.46. The number of ether oxygens (including phenoxy) is 1. The highest BCUT2D eigenvalue weighted by atomic mass is 16.5. The second kappa shape index (κ2) is 48.3. The van der Waals surface area contributed by atoms with Crippen molar-refractivity contribution in [3.8, 4) is 0 Å². The summed E-state index contributed by atoms with van der Waals surface area (Å²) in [5, 5.41) is 23.7. The number of unbranched alkanes of at least 4 members (excludes halogenated alkanes) is 21. The summed E-state index contributed by atoms with van der Waals surface area (Å²) in [4.78, 5) is 26.1. The van der Waals surface area contributed by atoms with Crippen molar-refractivity contribution in [1.29, 1.82) is 0 Å². The summed E-state index contributed by atoms with van der Waals surface area (Å²) >= 11 is 0. The first-order valence-corrected chi connectivity index (χ1v) is 25.7. The van der Waals surface area contributed by atoms with Crippen molar-refractivity contribution in [2.24, 2.45) is 0 Å². The minimum absolute atomic E-state index is 0.0565. The van der Waals surface area contributed by atoms with Crippen LogP contribution in [-0.2, 0) is 14.3 Å². The Morgan fingerprint density at radius 1 is 0.492 bits per heavy atom. The van der Waals surface area contributed by atoms with Crippen LogP contribution in [0.2, 0.25) is 0 Å². The van der Waals surface area contributed by atoms with E-state index in [0.29, 0.717) is 19.3 Å². The molecule has 0 fully saturated rings. The molecule has 0 spiro atoms. The van der Waals surface area contributed by atoms with Gasteiger partial charge in [-0.25, -0.2) is 0 Å². The molecule has 0 aliphatic rings. The summed E-state index contributed by atoms with van der Waals surface area (Å²) in [5.41, 5.74) is 0. The van der Waals surface area contributed by atoms with Gasteiger partial charge < -0.3 is 20.3 Å². The number of carbonyl (C=O) groups is 2. The first-order valence-electron chi connectivity index (χ1n) is 25.7. The Labute approximate surface area is 377 Å². The van der Waals surface area contributed by atoms with Gasteiger partial charge in [0.15, 0.2) is 0 Å². The maximum Gasteiger partial charge on any atom is 0.306 e. The molecule has 3 atom stereocenters. The average Bonchev–Trinajstić information content (AvgIpc) is 3.25. The Morgan fingerprint density at radius 3 is 1.38 bits per heavy atom. The van der Waals surface area contributed by atoms with Crippen LogP contribution < -0.4 is 5.32 Å². The summed E-state index contributed by atoms with van der Waals surface area (Å²) in [6.07, 6.45) is 61.0. The topological polar surface area (TPSA) is 95.9 Å². The molecule has 0 radical (unpaired) electrons. The molecular weight excluding hydrogens is 755 g/mol. The number of hydrogen-bond acceptors (Lipinski definition) is 5. The Kier molecular flexibility index (Phi) is 46.2. The van der Waals surface area contributed by atoms with E-state index in [0.717, 1.165) is 103 Å². The van der Waals surface area contributed by atoms with Gasteiger partial charge in [0.2, 0.25) is 5.91 Å². The number of carbonyl (C=O) groups excluding carboxylic acids is 2. The van der Waals surface area contributed by atoms with Crippen molar-refractivity contribution < 1.29 is 24.5 Å². The Hall–Kier alpha value is -2.70. The highest BCUT2D eigenvalue weighted by Crippen LogP contribution is 2.17. The maximum absolute atomic E-state index is 13.2. The molecular formula is C55H97NO5. The van der Waals surface area contributed by atoms with E-state index in [9.17, 15) is 19.8 Å². The van der Waals surface area contributed by atoms with Crippen LogP contribution in [0.1, 0.15) is 239 Å². The SMILES string of the molecule is CC/C=C/C/C=C/C/C=C/C/C=C/CCCCCC(=O)OC(CCCCCCCCC/C=C\C/C=C\CCCCC)CC(=O)NC(CO)C(O)CCCCCCCCCCC. The van der Waals surface area contributed by atoms with Gasteiger partial charge in [-0.1, -0.05) is 203 Å². The van der Waals surface area contributed by atoms with Crippen LogP contribution in [0.3, 0.4) is 0 Å². The fourth-order valence-corrected chi connectivity index (χ4v) is 7.39. The zero-order valence-electron chi connectivity index (χ0n) is 40.0. The first kappa shape index (κ1) is 58.3. The number of nitrogens with one attached hydrogen (secondary N) is 1. The van der Waals surface area contributed by atoms with Gasteiger partial charge in [-0.15, -0.1) is 0 Å². The molecule has 0 aromatic carbocycles. The van der Waals surface area contributed by atoms with Crippen molar-refractivity contribution in [3.63, 3.8) is 0 Å². The third-order valence-corrected chi connectivity index (χ3v) is 11.3. The predicted molar refractivity (Wildman–Crippen MR) is 264 cm³/mol. The fraction of sp³-hybridized carbons (Fsp3) is 0.745. The lowest BCUT2D eigenvalue weighted by atomic mass is 10.0. The molecule has 0 aromatic heterocycles. The number of rotatable bonds is 45. The summed E-state index contributed by atoms with van der Waals surface area (Å²) in [6.45, 7) is 6.31. The van der Waals surface area contributed by atoms with Crippen LogP contribution >= 0.6 is 0 Å². The first-order chi connectivity index (χ1) is 30.0. The lowest BCUT2D eigenvalue weighted by Gasteiger charge is -2.24. The third-order valence-electron chi connectivity index (χ3n) is 11.3. The maximum atomic E-state index is 13.2. The number of hydrogen-bond donors (Lipinski definition) is 3. The largest absolute Gasteiger partial charge is 0.462 e. The summed E-state index contributed by atoms with van der Waals surface area (Å²) in [6, 6.07) is -0.712. The van der Waals surface area contributed by atoms with Crippen LogP contribution in [0.5, 0.6) is 0 Å². The van der Waals surface area contributed by atoms with E-state index < -0.39 is 18.2 Å². The molecule has 0 rings (SSSR count). The number of amides is 1. The summed E-state index contributed by atoms with van der Waals surface area (Å²) < 4.78 is 5.92. The molecule has 0 aliphatic carbocycles. The lowest BCUT2D eigenvalue weighted by molar-refractivity contribution is -0.151. The molecule has 0 heterocycles. The Morgan fingerprint density at radius 2 is 0.885 bits per heavy atom. The minimum Gasteiger partial charge on any atom is -0.462 e. The number of allylic oxidation sites excluding steroid dienone is 12. The molecule has 6 heteroatoms. The molecule has 61 heavy (non-hydrogen) atoms. The van der Waals surface area contributed by atoms with E-state index in [-0.39, 0.29) is 24.9 Å². The zero-order chi connectivity index (χ0) is 44.5. The molecule has 0 saturated carbocycles. The number of aliphatic hydroxyl groups is 2.